The number of ether oxygens (including phenoxy) is 1. The van der Waals surface area contributed by atoms with Crippen LogP contribution in [0.2, 0.25) is 0 Å². The van der Waals surface area contributed by atoms with Crippen LogP contribution in [0.25, 0.3) is 0 Å². The Morgan fingerprint density at radius 2 is 2.24 bits per heavy atom. The molecule has 0 saturated carbocycles. The van der Waals surface area contributed by atoms with Gasteiger partial charge in [0.25, 0.3) is 0 Å². The number of carboxylic acids is 1. The third-order valence-corrected chi connectivity index (χ3v) is 2.84. The molecule has 0 bridgehead atoms. The van der Waals surface area contributed by atoms with E-state index in [0.29, 0.717) is 13.0 Å². The summed E-state index contributed by atoms with van der Waals surface area (Å²) in [5.74, 6) is -0.563. The minimum absolute atomic E-state index is 0.366. The maximum absolute atomic E-state index is 11.2. The summed E-state index contributed by atoms with van der Waals surface area (Å²) in [5, 5.41) is 9.16. The van der Waals surface area contributed by atoms with Gasteiger partial charge in [0.1, 0.15) is 5.75 Å². The summed E-state index contributed by atoms with van der Waals surface area (Å²) >= 11 is 0. The Bertz CT molecular complexity index is 390. The van der Waals surface area contributed by atoms with E-state index in [1.807, 2.05) is 19.1 Å². The van der Waals surface area contributed by atoms with Crippen molar-refractivity contribution in [1.82, 2.24) is 0 Å². The summed E-state index contributed by atoms with van der Waals surface area (Å²) in [7, 11) is 1.61. The van der Waals surface area contributed by atoms with Gasteiger partial charge in [-0.05, 0) is 36.6 Å². The number of benzene rings is 1. The average molecular weight is 237 g/mol. The van der Waals surface area contributed by atoms with Crippen LogP contribution < -0.4 is 10.5 Å². The minimum atomic E-state index is -0.831. The van der Waals surface area contributed by atoms with Crippen molar-refractivity contribution in [3.63, 3.8) is 0 Å². The van der Waals surface area contributed by atoms with Crippen LogP contribution in [0.1, 0.15) is 30.4 Å². The van der Waals surface area contributed by atoms with Gasteiger partial charge in [-0.3, -0.25) is 4.79 Å². The van der Waals surface area contributed by atoms with Crippen molar-refractivity contribution in [3.8, 4) is 5.75 Å². The lowest BCUT2D eigenvalue weighted by molar-refractivity contribution is -0.138. The Balaban J connectivity index is 3.08. The quantitative estimate of drug-likeness (QED) is 0.791. The van der Waals surface area contributed by atoms with Gasteiger partial charge in [0, 0.05) is 0 Å². The molecule has 17 heavy (non-hydrogen) atoms. The van der Waals surface area contributed by atoms with Crippen molar-refractivity contribution in [1.29, 1.82) is 0 Å². The summed E-state index contributed by atoms with van der Waals surface area (Å²) in [6.45, 7) is 2.38. The first-order valence-corrected chi connectivity index (χ1v) is 5.73. The Morgan fingerprint density at radius 3 is 2.71 bits per heavy atom. The monoisotopic (exact) mass is 237 g/mol. The van der Waals surface area contributed by atoms with Crippen LogP contribution in [0.3, 0.4) is 0 Å². The second-order valence-corrected chi connectivity index (χ2v) is 3.89. The highest BCUT2D eigenvalue weighted by atomic mass is 16.5. The van der Waals surface area contributed by atoms with Crippen LogP contribution in [0.5, 0.6) is 5.75 Å². The minimum Gasteiger partial charge on any atom is -0.496 e. The first-order valence-electron chi connectivity index (χ1n) is 5.73. The van der Waals surface area contributed by atoms with Crippen LogP contribution in [0.4, 0.5) is 0 Å². The molecule has 0 aliphatic carbocycles. The molecule has 0 radical (unpaired) electrons. The van der Waals surface area contributed by atoms with Crippen LogP contribution in [-0.4, -0.2) is 24.7 Å². The SMILES string of the molecule is CCc1cc(C(CCN)C(=O)O)ccc1OC. The van der Waals surface area contributed by atoms with Gasteiger partial charge in [-0.1, -0.05) is 19.1 Å². The van der Waals surface area contributed by atoms with E-state index in [1.54, 1.807) is 13.2 Å². The van der Waals surface area contributed by atoms with Crippen LogP contribution >= 0.6 is 0 Å². The molecule has 0 heterocycles. The summed E-state index contributed by atoms with van der Waals surface area (Å²) in [4.78, 5) is 11.2. The van der Waals surface area contributed by atoms with Crippen molar-refractivity contribution >= 4 is 5.97 Å². The molecule has 1 aromatic carbocycles. The largest absolute Gasteiger partial charge is 0.496 e. The first kappa shape index (κ1) is 13.5. The van der Waals surface area contributed by atoms with E-state index in [4.69, 9.17) is 15.6 Å². The van der Waals surface area contributed by atoms with Gasteiger partial charge in [-0.15, -0.1) is 0 Å². The summed E-state index contributed by atoms with van der Waals surface area (Å²) in [6, 6.07) is 5.51. The Morgan fingerprint density at radius 1 is 1.53 bits per heavy atom. The Kier molecular flexibility index (Phi) is 4.97. The van der Waals surface area contributed by atoms with Crippen LogP contribution in [0.15, 0.2) is 18.2 Å². The summed E-state index contributed by atoms with van der Waals surface area (Å²) in [5.41, 5.74) is 7.26. The lowest BCUT2D eigenvalue weighted by Crippen LogP contribution is -2.16. The van der Waals surface area contributed by atoms with E-state index in [2.05, 4.69) is 0 Å². The fourth-order valence-corrected chi connectivity index (χ4v) is 1.89. The zero-order valence-corrected chi connectivity index (χ0v) is 10.3. The highest BCUT2D eigenvalue weighted by molar-refractivity contribution is 5.76. The molecule has 0 aliphatic heterocycles. The average Bonchev–Trinajstić information content (AvgIpc) is 2.34. The van der Waals surface area contributed by atoms with Crippen molar-refractivity contribution < 1.29 is 14.6 Å². The normalized spacial score (nSPS) is 12.2. The van der Waals surface area contributed by atoms with E-state index >= 15 is 0 Å². The smallest absolute Gasteiger partial charge is 0.311 e. The molecule has 4 nitrogen and oxygen atoms in total. The van der Waals surface area contributed by atoms with E-state index in [0.717, 1.165) is 23.3 Å². The standard InChI is InChI=1S/C13H19NO3/c1-3-9-8-10(4-5-12(9)17-2)11(6-7-14)13(15)16/h4-5,8,11H,3,6-7,14H2,1-2H3,(H,15,16). The second kappa shape index (κ2) is 6.25. The van der Waals surface area contributed by atoms with Gasteiger partial charge in [0.05, 0.1) is 13.0 Å². The number of hydrogen-bond acceptors (Lipinski definition) is 3. The van der Waals surface area contributed by atoms with E-state index in [1.165, 1.54) is 0 Å². The van der Waals surface area contributed by atoms with Crippen molar-refractivity contribution in [2.24, 2.45) is 5.73 Å². The van der Waals surface area contributed by atoms with Crippen molar-refractivity contribution in [2.75, 3.05) is 13.7 Å². The molecule has 0 fully saturated rings. The van der Waals surface area contributed by atoms with Crippen molar-refractivity contribution in [3.05, 3.63) is 29.3 Å². The molecule has 3 N–H and O–H groups in total. The molecule has 0 amide bonds. The maximum Gasteiger partial charge on any atom is 0.311 e. The van der Waals surface area contributed by atoms with Gasteiger partial charge in [0.15, 0.2) is 0 Å². The molecule has 0 spiro atoms. The predicted octanol–water partition coefficient (Wildman–Crippen LogP) is 1.77. The van der Waals surface area contributed by atoms with Crippen LogP contribution in [0, 0.1) is 0 Å². The third-order valence-electron chi connectivity index (χ3n) is 2.84. The molecular weight excluding hydrogens is 218 g/mol. The van der Waals surface area contributed by atoms with Crippen molar-refractivity contribution in [2.45, 2.75) is 25.7 Å². The number of aryl methyl sites for hydroxylation is 1. The molecule has 0 aromatic heterocycles. The summed E-state index contributed by atoms with van der Waals surface area (Å²) in [6.07, 6.45) is 1.26. The topological polar surface area (TPSA) is 72.6 Å². The number of hydrogen-bond donors (Lipinski definition) is 2. The zero-order chi connectivity index (χ0) is 12.8. The number of aliphatic carboxylic acids is 1. The molecule has 1 atom stereocenters. The molecule has 0 saturated heterocycles. The van der Waals surface area contributed by atoms with Gasteiger partial charge in [-0.2, -0.15) is 0 Å². The lowest BCUT2D eigenvalue weighted by atomic mass is 9.93. The molecule has 0 aliphatic rings. The van der Waals surface area contributed by atoms with Gasteiger partial charge >= 0.3 is 5.97 Å². The van der Waals surface area contributed by atoms with Gasteiger partial charge < -0.3 is 15.6 Å². The fraction of sp³-hybridized carbons (Fsp3) is 0.462. The number of rotatable bonds is 6. The lowest BCUT2D eigenvalue weighted by Gasteiger charge is -2.14. The Hall–Kier alpha value is -1.55. The number of carboxylic acid groups (broad SMARTS) is 1. The predicted molar refractivity (Wildman–Crippen MR) is 66.4 cm³/mol. The fourth-order valence-electron chi connectivity index (χ4n) is 1.89. The second-order valence-electron chi connectivity index (χ2n) is 3.89. The molecular formula is C13H19NO3. The third kappa shape index (κ3) is 3.20. The molecule has 94 valence electrons. The zero-order valence-electron chi connectivity index (χ0n) is 10.3. The number of carbonyl (C=O) groups is 1. The molecule has 4 heteroatoms. The molecule has 1 rings (SSSR count). The molecule has 1 unspecified atom stereocenters. The van der Waals surface area contributed by atoms with Crippen LogP contribution in [-0.2, 0) is 11.2 Å². The number of methoxy groups -OCH3 is 1. The first-order chi connectivity index (χ1) is 8.13. The molecule has 1 aromatic rings. The maximum atomic E-state index is 11.2. The highest BCUT2D eigenvalue weighted by Gasteiger charge is 2.19. The van der Waals surface area contributed by atoms with Gasteiger partial charge in [0.2, 0.25) is 0 Å². The Labute approximate surface area is 101 Å². The number of nitrogens with two attached hydrogens (primary N) is 1. The highest BCUT2D eigenvalue weighted by Crippen LogP contribution is 2.26. The van der Waals surface area contributed by atoms with Gasteiger partial charge in [-0.25, -0.2) is 0 Å². The summed E-state index contributed by atoms with van der Waals surface area (Å²) < 4.78 is 5.22. The van der Waals surface area contributed by atoms with E-state index in [9.17, 15) is 4.79 Å². The van der Waals surface area contributed by atoms with E-state index < -0.39 is 11.9 Å². The van der Waals surface area contributed by atoms with E-state index in [-0.39, 0.29) is 0 Å².